The summed E-state index contributed by atoms with van der Waals surface area (Å²) in [5, 5.41) is 25.2. The molecule has 1 heterocycles. The first-order valence-electron chi connectivity index (χ1n) is 8.20. The summed E-state index contributed by atoms with van der Waals surface area (Å²) < 4.78 is 10.3. The fourth-order valence-corrected chi connectivity index (χ4v) is 2.45. The molecule has 142 valence electrons. The number of anilines is 1. The van der Waals surface area contributed by atoms with E-state index in [1.807, 2.05) is 0 Å². The Bertz CT molecular complexity index is 659. The minimum Gasteiger partial charge on any atom is -0.452 e. The molecular formula is C16H21N3O7. The molecule has 0 unspecified atom stereocenters. The van der Waals surface area contributed by atoms with Crippen LogP contribution >= 0.6 is 0 Å². The van der Waals surface area contributed by atoms with Gasteiger partial charge in [0, 0.05) is 37.5 Å². The highest BCUT2D eigenvalue weighted by Gasteiger charge is 2.20. The molecule has 1 fully saturated rings. The Morgan fingerprint density at radius 1 is 1.42 bits per heavy atom. The molecule has 0 saturated carbocycles. The van der Waals surface area contributed by atoms with Crippen LogP contribution in [0.1, 0.15) is 23.2 Å². The van der Waals surface area contributed by atoms with E-state index < -0.39 is 23.4 Å². The number of nitro groups is 1. The zero-order valence-electron chi connectivity index (χ0n) is 14.1. The molecule has 10 nitrogen and oxygen atoms in total. The van der Waals surface area contributed by atoms with Crippen molar-refractivity contribution in [3.05, 3.63) is 33.9 Å². The number of ether oxygens (including phenoxy) is 2. The van der Waals surface area contributed by atoms with E-state index in [0.29, 0.717) is 13.2 Å². The van der Waals surface area contributed by atoms with E-state index >= 15 is 0 Å². The maximum absolute atomic E-state index is 12.2. The number of benzene rings is 1. The Hall–Kier alpha value is -2.72. The molecule has 0 bridgehead atoms. The van der Waals surface area contributed by atoms with Gasteiger partial charge in [-0.2, -0.15) is 0 Å². The van der Waals surface area contributed by atoms with E-state index in [9.17, 15) is 19.7 Å². The summed E-state index contributed by atoms with van der Waals surface area (Å²) in [4.78, 5) is 34.2. The number of esters is 1. The molecule has 26 heavy (non-hydrogen) atoms. The van der Waals surface area contributed by atoms with Crippen molar-refractivity contribution >= 4 is 23.3 Å². The lowest BCUT2D eigenvalue weighted by Crippen LogP contribution is -2.34. The number of carbonyl (C=O) groups excluding carboxylic acids is 2. The smallest absolute Gasteiger partial charge is 0.341 e. The molecule has 0 aliphatic carbocycles. The maximum Gasteiger partial charge on any atom is 0.341 e. The van der Waals surface area contributed by atoms with Gasteiger partial charge in [0.05, 0.1) is 23.2 Å². The van der Waals surface area contributed by atoms with E-state index in [0.717, 1.165) is 18.9 Å². The first-order valence-corrected chi connectivity index (χ1v) is 8.20. The summed E-state index contributed by atoms with van der Waals surface area (Å²) in [5.41, 5.74) is -0.0941. The Morgan fingerprint density at radius 2 is 2.23 bits per heavy atom. The highest BCUT2D eigenvalue weighted by Crippen LogP contribution is 2.23. The van der Waals surface area contributed by atoms with Crippen LogP contribution in [0, 0.1) is 10.1 Å². The van der Waals surface area contributed by atoms with Gasteiger partial charge in [-0.1, -0.05) is 0 Å². The van der Waals surface area contributed by atoms with Crippen molar-refractivity contribution in [2.45, 2.75) is 18.9 Å². The lowest BCUT2D eigenvalue weighted by molar-refractivity contribution is -0.384. The SMILES string of the molecule is O=C(COC(=O)c1cc([N+](=O)[O-])ccc1NCCO)NC[C@@H]1CCCO1. The van der Waals surface area contributed by atoms with Crippen molar-refractivity contribution in [3.63, 3.8) is 0 Å². The molecule has 1 aliphatic rings. The molecule has 1 amide bonds. The van der Waals surface area contributed by atoms with Gasteiger partial charge in [0.15, 0.2) is 6.61 Å². The minimum atomic E-state index is -0.874. The highest BCUT2D eigenvalue weighted by molar-refractivity contribution is 5.97. The standard InChI is InChI=1S/C16H21N3O7/c20-6-5-17-14-4-3-11(19(23)24)8-13(14)16(22)26-10-15(21)18-9-12-2-1-7-25-12/h3-4,8,12,17,20H,1-2,5-7,9-10H2,(H,18,21)/t12-/m0/s1. The number of nitrogens with zero attached hydrogens (tertiary/aromatic N) is 1. The number of nitro benzene ring substituents is 1. The Balaban J connectivity index is 1.94. The van der Waals surface area contributed by atoms with Crippen LogP contribution in [0.2, 0.25) is 0 Å². The van der Waals surface area contributed by atoms with E-state index in [1.165, 1.54) is 12.1 Å². The molecule has 1 saturated heterocycles. The van der Waals surface area contributed by atoms with Gasteiger partial charge in [-0.25, -0.2) is 4.79 Å². The summed E-state index contributed by atoms with van der Waals surface area (Å²) in [6.07, 6.45) is 1.79. The molecule has 0 radical (unpaired) electrons. The van der Waals surface area contributed by atoms with Crippen molar-refractivity contribution in [2.24, 2.45) is 0 Å². The molecule has 0 aromatic heterocycles. The number of rotatable bonds is 9. The molecule has 0 spiro atoms. The number of hydrogen-bond donors (Lipinski definition) is 3. The van der Waals surface area contributed by atoms with Gasteiger partial charge in [0.2, 0.25) is 0 Å². The number of nitrogens with one attached hydrogen (secondary N) is 2. The molecule has 1 aromatic rings. The van der Waals surface area contributed by atoms with Gasteiger partial charge in [-0.15, -0.1) is 0 Å². The highest BCUT2D eigenvalue weighted by atomic mass is 16.6. The Kier molecular flexibility index (Phi) is 7.30. The minimum absolute atomic E-state index is 0.0271. The summed E-state index contributed by atoms with van der Waals surface area (Å²) >= 11 is 0. The summed E-state index contributed by atoms with van der Waals surface area (Å²) in [5.74, 6) is -1.36. The van der Waals surface area contributed by atoms with Crippen molar-refractivity contribution < 1.29 is 29.1 Å². The van der Waals surface area contributed by atoms with E-state index in [2.05, 4.69) is 10.6 Å². The van der Waals surface area contributed by atoms with Crippen molar-refractivity contribution in [1.29, 1.82) is 0 Å². The molecular weight excluding hydrogens is 346 g/mol. The Labute approximate surface area is 149 Å². The maximum atomic E-state index is 12.2. The van der Waals surface area contributed by atoms with Crippen LogP contribution < -0.4 is 10.6 Å². The molecule has 3 N–H and O–H groups in total. The van der Waals surface area contributed by atoms with E-state index in [4.69, 9.17) is 14.6 Å². The zero-order valence-corrected chi connectivity index (χ0v) is 14.1. The first-order chi connectivity index (χ1) is 12.5. The number of carbonyl (C=O) groups is 2. The lowest BCUT2D eigenvalue weighted by Gasteiger charge is -2.12. The van der Waals surface area contributed by atoms with Crippen LogP contribution in [0.25, 0.3) is 0 Å². The van der Waals surface area contributed by atoms with Crippen molar-refractivity contribution in [2.75, 3.05) is 38.2 Å². The predicted molar refractivity (Wildman–Crippen MR) is 90.9 cm³/mol. The van der Waals surface area contributed by atoms with Crippen LogP contribution in [0.5, 0.6) is 0 Å². The fourth-order valence-electron chi connectivity index (χ4n) is 2.45. The third-order valence-corrected chi connectivity index (χ3v) is 3.75. The van der Waals surface area contributed by atoms with Crippen molar-refractivity contribution in [3.8, 4) is 0 Å². The second-order valence-electron chi connectivity index (χ2n) is 5.65. The second kappa shape index (κ2) is 9.68. The number of aliphatic hydroxyl groups is 1. The zero-order chi connectivity index (χ0) is 18.9. The quantitative estimate of drug-likeness (QED) is 0.325. The molecule has 2 rings (SSSR count). The summed E-state index contributed by atoms with van der Waals surface area (Å²) in [7, 11) is 0. The largest absolute Gasteiger partial charge is 0.452 e. The van der Waals surface area contributed by atoms with Crippen LogP contribution in [0.4, 0.5) is 11.4 Å². The van der Waals surface area contributed by atoms with Gasteiger partial charge >= 0.3 is 5.97 Å². The number of non-ortho nitro benzene ring substituents is 1. The van der Waals surface area contributed by atoms with Crippen LogP contribution in [-0.2, 0) is 14.3 Å². The lowest BCUT2D eigenvalue weighted by atomic mass is 10.1. The van der Waals surface area contributed by atoms with Crippen LogP contribution in [0.15, 0.2) is 18.2 Å². The third kappa shape index (κ3) is 5.67. The number of hydrogen-bond acceptors (Lipinski definition) is 8. The number of amides is 1. The molecule has 10 heteroatoms. The third-order valence-electron chi connectivity index (χ3n) is 3.75. The first kappa shape index (κ1) is 19.6. The predicted octanol–water partition coefficient (Wildman–Crippen LogP) is 0.451. The van der Waals surface area contributed by atoms with Gasteiger partial charge in [0.1, 0.15) is 0 Å². The van der Waals surface area contributed by atoms with Crippen molar-refractivity contribution in [1.82, 2.24) is 5.32 Å². The summed E-state index contributed by atoms with van der Waals surface area (Å²) in [6, 6.07) is 3.64. The van der Waals surface area contributed by atoms with Crippen LogP contribution in [0.3, 0.4) is 0 Å². The number of aliphatic hydroxyl groups excluding tert-OH is 1. The van der Waals surface area contributed by atoms with E-state index in [1.54, 1.807) is 0 Å². The molecule has 1 aromatic carbocycles. The van der Waals surface area contributed by atoms with Gasteiger partial charge in [0.25, 0.3) is 11.6 Å². The average Bonchev–Trinajstić information content (AvgIpc) is 3.16. The van der Waals surface area contributed by atoms with E-state index in [-0.39, 0.29) is 36.2 Å². The normalized spacial score (nSPS) is 16.1. The molecule has 1 aliphatic heterocycles. The molecule has 1 atom stereocenters. The second-order valence-corrected chi connectivity index (χ2v) is 5.65. The van der Waals surface area contributed by atoms with Gasteiger partial charge < -0.3 is 25.2 Å². The Morgan fingerprint density at radius 3 is 2.88 bits per heavy atom. The van der Waals surface area contributed by atoms with Gasteiger partial charge in [-0.05, 0) is 18.9 Å². The van der Waals surface area contributed by atoms with Crippen LogP contribution in [-0.4, -0.2) is 60.9 Å². The van der Waals surface area contributed by atoms with Gasteiger partial charge in [-0.3, -0.25) is 14.9 Å². The average molecular weight is 367 g/mol. The monoisotopic (exact) mass is 367 g/mol. The topological polar surface area (TPSA) is 140 Å². The fraction of sp³-hybridized carbons (Fsp3) is 0.500. The summed E-state index contributed by atoms with van der Waals surface area (Å²) in [6.45, 7) is 0.479.